The van der Waals surface area contributed by atoms with Crippen LogP contribution in [0.2, 0.25) is 0 Å². The van der Waals surface area contributed by atoms with Crippen molar-refractivity contribution in [3.05, 3.63) is 65.2 Å². The minimum Gasteiger partial charge on any atom is -0.494 e. The molecule has 0 bridgehead atoms. The van der Waals surface area contributed by atoms with Crippen LogP contribution in [0.3, 0.4) is 0 Å². The summed E-state index contributed by atoms with van der Waals surface area (Å²) in [5.41, 5.74) is 1.62. The number of amides is 4. The van der Waals surface area contributed by atoms with E-state index in [1.54, 1.807) is 41.5 Å². The molecule has 0 unspecified atom stereocenters. The number of alkyl carbamates (subject to hydrolysis) is 2. The van der Waals surface area contributed by atoms with E-state index >= 15 is 0 Å². The fraction of sp³-hybridized carbons (Fsp3) is 0.595. The molecular weight excluding hydrogens is 704 g/mol. The van der Waals surface area contributed by atoms with Crippen LogP contribution in [0.15, 0.2) is 48.5 Å². The summed E-state index contributed by atoms with van der Waals surface area (Å²) in [5.74, 6) is -0.617. The van der Waals surface area contributed by atoms with Gasteiger partial charge in [-0.3, -0.25) is 14.4 Å². The highest BCUT2D eigenvalue weighted by molar-refractivity contribution is 5.91. The van der Waals surface area contributed by atoms with E-state index in [0.717, 1.165) is 23.1 Å². The predicted octanol–water partition coefficient (Wildman–Crippen LogP) is 6.82. The van der Waals surface area contributed by atoms with E-state index in [0.29, 0.717) is 57.4 Å². The van der Waals surface area contributed by atoms with Crippen LogP contribution >= 0.6 is 0 Å². The van der Waals surface area contributed by atoms with Gasteiger partial charge in [-0.25, -0.2) is 9.59 Å². The van der Waals surface area contributed by atoms with Gasteiger partial charge >= 0.3 is 18.2 Å². The number of esters is 1. The first-order valence-electron chi connectivity index (χ1n) is 19.4. The Kier molecular flexibility index (Phi) is 20.1. The van der Waals surface area contributed by atoms with E-state index in [-0.39, 0.29) is 37.9 Å². The van der Waals surface area contributed by atoms with Crippen molar-refractivity contribution >= 4 is 30.0 Å². The molecule has 4 amide bonds. The number of nitrogens with one attached hydrogen (secondary N) is 4. The van der Waals surface area contributed by atoms with Crippen molar-refractivity contribution < 1.29 is 42.9 Å². The summed E-state index contributed by atoms with van der Waals surface area (Å²) in [6.07, 6.45) is 3.03. The maximum absolute atomic E-state index is 13.8. The van der Waals surface area contributed by atoms with E-state index in [1.165, 1.54) is 0 Å². The average molecular weight is 769 g/mol. The van der Waals surface area contributed by atoms with Crippen LogP contribution in [0.5, 0.6) is 5.75 Å². The largest absolute Gasteiger partial charge is 0.494 e. The lowest BCUT2D eigenvalue weighted by molar-refractivity contribution is -0.155. The van der Waals surface area contributed by atoms with Gasteiger partial charge in [-0.15, -0.1) is 0 Å². The van der Waals surface area contributed by atoms with Crippen molar-refractivity contribution in [3.8, 4) is 5.75 Å². The number of ether oxygens (including phenoxy) is 4. The van der Waals surface area contributed by atoms with Crippen molar-refractivity contribution in [2.24, 2.45) is 0 Å². The maximum Gasteiger partial charge on any atom is 0.407 e. The first-order chi connectivity index (χ1) is 26.0. The second-order valence-electron chi connectivity index (χ2n) is 15.5. The lowest BCUT2D eigenvalue weighted by atomic mass is 10.0. The van der Waals surface area contributed by atoms with Crippen molar-refractivity contribution in [2.75, 3.05) is 19.8 Å². The number of carbonyl (C=O) groups excluding carboxylic acids is 5. The summed E-state index contributed by atoms with van der Waals surface area (Å²) in [6.45, 7) is 15.9. The summed E-state index contributed by atoms with van der Waals surface area (Å²) < 4.78 is 21.8. The zero-order valence-corrected chi connectivity index (χ0v) is 34.1. The van der Waals surface area contributed by atoms with Gasteiger partial charge in [-0.05, 0) is 116 Å². The Hall–Kier alpha value is -4.81. The van der Waals surface area contributed by atoms with E-state index in [1.807, 2.05) is 62.4 Å². The SMILES string of the molecule is CCCCOC(=O)N[C@@H](CCCCC(=O)OC(C)(C)C)C(=O)N[C@@H](CCc1ccccc1)C(=O)NCc1cc(OCCCNC(=O)OC(C)(C)C)ccc1C. The number of aryl methyl sites for hydroxylation is 2. The Morgan fingerprint density at radius 1 is 0.709 bits per heavy atom. The van der Waals surface area contributed by atoms with E-state index in [9.17, 15) is 24.0 Å². The fourth-order valence-electron chi connectivity index (χ4n) is 5.27. The normalized spacial score (nSPS) is 12.4. The van der Waals surface area contributed by atoms with Crippen molar-refractivity contribution in [1.29, 1.82) is 0 Å². The van der Waals surface area contributed by atoms with Gasteiger partial charge in [0.05, 0.1) is 13.2 Å². The quantitative estimate of drug-likeness (QED) is 0.0570. The number of unbranched alkanes of at least 4 members (excludes halogenated alkanes) is 2. The van der Waals surface area contributed by atoms with Gasteiger partial charge in [-0.1, -0.05) is 56.2 Å². The third-order valence-corrected chi connectivity index (χ3v) is 8.11. The van der Waals surface area contributed by atoms with Gasteiger partial charge in [0, 0.05) is 19.5 Å². The van der Waals surface area contributed by atoms with Crippen molar-refractivity contribution in [3.63, 3.8) is 0 Å². The smallest absolute Gasteiger partial charge is 0.407 e. The minimum absolute atomic E-state index is 0.172. The van der Waals surface area contributed by atoms with Crippen molar-refractivity contribution in [2.45, 2.75) is 143 Å². The summed E-state index contributed by atoms with van der Waals surface area (Å²) in [5, 5.41) is 11.2. The molecule has 0 saturated carbocycles. The molecule has 0 aromatic heterocycles. The Bertz CT molecular complexity index is 1500. The molecule has 0 aliphatic heterocycles. The summed E-state index contributed by atoms with van der Waals surface area (Å²) >= 11 is 0. The fourth-order valence-corrected chi connectivity index (χ4v) is 5.27. The van der Waals surface area contributed by atoms with Crippen LogP contribution in [-0.2, 0) is 41.6 Å². The summed E-state index contributed by atoms with van der Waals surface area (Å²) in [7, 11) is 0. The van der Waals surface area contributed by atoms with Gasteiger partial charge in [0.1, 0.15) is 29.0 Å². The minimum atomic E-state index is -0.991. The highest BCUT2D eigenvalue weighted by atomic mass is 16.6. The van der Waals surface area contributed by atoms with Gasteiger partial charge < -0.3 is 40.2 Å². The Morgan fingerprint density at radius 3 is 2.07 bits per heavy atom. The molecule has 0 aliphatic carbocycles. The molecule has 2 rings (SSSR count). The molecule has 13 heteroatoms. The molecule has 13 nitrogen and oxygen atoms in total. The Labute approximate surface area is 327 Å². The summed E-state index contributed by atoms with van der Waals surface area (Å²) in [6, 6.07) is 13.4. The highest BCUT2D eigenvalue weighted by Crippen LogP contribution is 2.18. The number of hydrogen-bond acceptors (Lipinski definition) is 9. The van der Waals surface area contributed by atoms with Crippen LogP contribution < -0.4 is 26.0 Å². The third kappa shape index (κ3) is 21.0. The molecule has 306 valence electrons. The second kappa shape index (κ2) is 23.9. The lowest BCUT2D eigenvalue weighted by Gasteiger charge is -2.24. The predicted molar refractivity (Wildman–Crippen MR) is 212 cm³/mol. The molecule has 0 saturated heterocycles. The first kappa shape index (κ1) is 46.3. The molecule has 4 N–H and O–H groups in total. The van der Waals surface area contributed by atoms with Crippen LogP contribution in [0, 0.1) is 6.92 Å². The molecule has 2 aromatic carbocycles. The molecule has 0 fully saturated rings. The van der Waals surface area contributed by atoms with Crippen molar-refractivity contribution in [1.82, 2.24) is 21.3 Å². The molecule has 0 radical (unpaired) electrons. The molecule has 2 atom stereocenters. The topological polar surface area (TPSA) is 170 Å². The number of benzene rings is 2. The van der Waals surface area contributed by atoms with Crippen LogP contribution in [-0.4, -0.2) is 73.0 Å². The number of carbonyl (C=O) groups is 5. The number of rotatable bonds is 22. The van der Waals surface area contributed by atoms with Crippen LogP contribution in [0.4, 0.5) is 9.59 Å². The van der Waals surface area contributed by atoms with Crippen LogP contribution in [0.25, 0.3) is 0 Å². The Balaban J connectivity index is 2.10. The van der Waals surface area contributed by atoms with E-state index < -0.39 is 41.4 Å². The molecule has 0 spiro atoms. The van der Waals surface area contributed by atoms with Gasteiger partial charge in [-0.2, -0.15) is 0 Å². The molecular formula is C42H64N4O9. The zero-order chi connectivity index (χ0) is 40.9. The maximum atomic E-state index is 13.8. The average Bonchev–Trinajstić information content (AvgIpc) is 3.10. The standard InChI is InChI=1S/C42H64N4O9/c1-9-10-26-53-40(51)46-34(19-14-15-20-36(47)54-41(3,4)5)38(49)45-35(24-22-31-17-12-11-13-18-31)37(48)44-29-32-28-33(23-21-30(32)2)52-27-16-25-43-39(50)55-42(6,7)8/h11-13,17-18,21,23,28,34-35H,9-10,14-16,19-20,22,24-27,29H2,1-8H3,(H,43,50)(H,44,48)(H,45,49)(H,46,51)/t34-,35-/m0/s1. The molecule has 2 aromatic rings. The second-order valence-corrected chi connectivity index (χ2v) is 15.5. The van der Waals surface area contributed by atoms with Gasteiger partial charge in [0.15, 0.2) is 0 Å². The number of hydrogen-bond donors (Lipinski definition) is 4. The monoisotopic (exact) mass is 768 g/mol. The zero-order valence-electron chi connectivity index (χ0n) is 34.1. The first-order valence-corrected chi connectivity index (χ1v) is 19.4. The molecule has 55 heavy (non-hydrogen) atoms. The Morgan fingerprint density at radius 2 is 1.40 bits per heavy atom. The molecule has 0 aliphatic rings. The van der Waals surface area contributed by atoms with Gasteiger partial charge in [0.25, 0.3) is 0 Å². The van der Waals surface area contributed by atoms with E-state index in [2.05, 4.69) is 21.3 Å². The third-order valence-electron chi connectivity index (χ3n) is 8.11. The highest BCUT2D eigenvalue weighted by Gasteiger charge is 2.27. The van der Waals surface area contributed by atoms with Crippen LogP contribution in [0.1, 0.15) is 117 Å². The van der Waals surface area contributed by atoms with Gasteiger partial charge in [0.2, 0.25) is 11.8 Å². The lowest BCUT2D eigenvalue weighted by Crippen LogP contribution is -2.53. The van der Waals surface area contributed by atoms with E-state index in [4.69, 9.17) is 18.9 Å². The summed E-state index contributed by atoms with van der Waals surface area (Å²) in [4.78, 5) is 64.3. The molecule has 0 heterocycles.